The highest BCUT2D eigenvalue weighted by Crippen LogP contribution is 2.41. The highest BCUT2D eigenvalue weighted by atomic mass is 15.0. The van der Waals surface area contributed by atoms with Gasteiger partial charge >= 0.3 is 0 Å². The van der Waals surface area contributed by atoms with Gasteiger partial charge in [0.1, 0.15) is 0 Å². The summed E-state index contributed by atoms with van der Waals surface area (Å²) in [5.74, 6) is 0. The number of rotatable bonds is 4. The summed E-state index contributed by atoms with van der Waals surface area (Å²) in [5, 5.41) is 12.7. The Hall–Kier alpha value is -7.42. The predicted molar refractivity (Wildman–Crippen MR) is 239 cm³/mol. The Morgan fingerprint density at radius 1 is 0.196 bits per heavy atom. The van der Waals surface area contributed by atoms with Gasteiger partial charge in [-0.3, -0.25) is 0 Å². The zero-order chi connectivity index (χ0) is 36.7. The maximum atomic E-state index is 2.44. The number of para-hydroxylation sites is 2. The average molecular weight is 711 g/mol. The standard InChI is InChI=1S/C54H34N2/c1-2-13-35(14-3-1)36-15-12-16-39(31-36)55-51-23-10-8-21-46(51)49-32-37(25-29-53(49)55)38-26-30-54-50(33-38)47-22-9-11-24-52(47)56(54)40-27-28-45-43-19-5-4-17-41(43)42-18-6-7-20-44(42)48(45)34-40/h1-34H. The van der Waals surface area contributed by atoms with Gasteiger partial charge in [-0.1, -0.05) is 146 Å². The van der Waals surface area contributed by atoms with Crippen molar-refractivity contribution < 1.29 is 0 Å². The van der Waals surface area contributed by atoms with Crippen molar-refractivity contribution in [1.82, 2.24) is 9.13 Å². The van der Waals surface area contributed by atoms with Gasteiger partial charge in [0.15, 0.2) is 0 Å². The van der Waals surface area contributed by atoms with Crippen molar-refractivity contribution in [2.45, 2.75) is 0 Å². The fourth-order valence-corrected chi connectivity index (χ4v) is 9.35. The molecule has 2 aromatic heterocycles. The van der Waals surface area contributed by atoms with Gasteiger partial charge in [0.2, 0.25) is 0 Å². The fourth-order valence-electron chi connectivity index (χ4n) is 9.35. The molecule has 0 N–H and O–H groups in total. The summed E-state index contributed by atoms with van der Waals surface area (Å²) in [6.45, 7) is 0. The number of hydrogen-bond acceptors (Lipinski definition) is 0. The minimum absolute atomic E-state index is 1.16. The predicted octanol–water partition coefficient (Wildman–Crippen LogP) is 14.7. The second-order valence-electron chi connectivity index (χ2n) is 14.9. The second-order valence-corrected chi connectivity index (χ2v) is 14.9. The lowest BCUT2D eigenvalue weighted by molar-refractivity contribution is 1.18. The molecule has 2 heterocycles. The van der Waals surface area contributed by atoms with Crippen LogP contribution in [0.25, 0.3) is 110 Å². The lowest BCUT2D eigenvalue weighted by Gasteiger charge is -2.14. The normalized spacial score (nSPS) is 11.9. The first-order valence-electron chi connectivity index (χ1n) is 19.3. The number of fused-ring (bicyclic) bond motifs is 12. The van der Waals surface area contributed by atoms with Crippen LogP contribution >= 0.6 is 0 Å². The van der Waals surface area contributed by atoms with Gasteiger partial charge in [-0.05, 0) is 115 Å². The molecule has 0 radical (unpaired) electrons. The van der Waals surface area contributed by atoms with Crippen LogP contribution < -0.4 is 0 Å². The van der Waals surface area contributed by atoms with Gasteiger partial charge in [-0.2, -0.15) is 0 Å². The number of aromatic nitrogens is 2. The molecule has 0 saturated carbocycles. The molecule has 56 heavy (non-hydrogen) atoms. The van der Waals surface area contributed by atoms with Crippen molar-refractivity contribution in [3.8, 4) is 33.6 Å². The van der Waals surface area contributed by atoms with E-state index in [9.17, 15) is 0 Å². The molecule has 0 aliphatic heterocycles. The minimum Gasteiger partial charge on any atom is -0.309 e. The quantitative estimate of drug-likeness (QED) is 0.161. The van der Waals surface area contributed by atoms with Crippen LogP contribution in [0.2, 0.25) is 0 Å². The highest BCUT2D eigenvalue weighted by molar-refractivity contribution is 6.25. The maximum Gasteiger partial charge on any atom is 0.0541 e. The largest absolute Gasteiger partial charge is 0.309 e. The van der Waals surface area contributed by atoms with E-state index in [4.69, 9.17) is 0 Å². The Bertz CT molecular complexity index is 3490. The molecule has 2 nitrogen and oxygen atoms in total. The van der Waals surface area contributed by atoms with Crippen molar-refractivity contribution in [3.05, 3.63) is 206 Å². The topological polar surface area (TPSA) is 9.86 Å². The molecule has 12 aromatic rings. The van der Waals surface area contributed by atoms with Gasteiger partial charge < -0.3 is 9.13 Å². The first-order valence-corrected chi connectivity index (χ1v) is 19.3. The van der Waals surface area contributed by atoms with E-state index < -0.39 is 0 Å². The first kappa shape index (κ1) is 31.0. The molecule has 0 spiro atoms. The van der Waals surface area contributed by atoms with Gasteiger partial charge in [0.05, 0.1) is 22.1 Å². The molecule has 0 atom stereocenters. The van der Waals surface area contributed by atoms with Gasteiger partial charge in [0.25, 0.3) is 0 Å². The summed E-state index contributed by atoms with van der Waals surface area (Å²) >= 11 is 0. The molecular weight excluding hydrogens is 677 g/mol. The van der Waals surface area contributed by atoms with Crippen LogP contribution in [0.4, 0.5) is 0 Å². The summed E-state index contributed by atoms with van der Waals surface area (Å²) in [4.78, 5) is 0. The summed E-state index contributed by atoms with van der Waals surface area (Å²) < 4.78 is 4.85. The molecule has 0 fully saturated rings. The summed E-state index contributed by atoms with van der Waals surface area (Å²) in [7, 11) is 0. The van der Waals surface area contributed by atoms with Crippen molar-refractivity contribution >= 4 is 75.9 Å². The second kappa shape index (κ2) is 12.0. The van der Waals surface area contributed by atoms with Crippen LogP contribution in [0.1, 0.15) is 0 Å². The number of hydrogen-bond donors (Lipinski definition) is 0. The lowest BCUT2D eigenvalue weighted by Crippen LogP contribution is -1.94. The fraction of sp³-hybridized carbons (Fsp3) is 0. The molecule has 0 aliphatic rings. The molecule has 2 heteroatoms. The molecule has 0 bridgehead atoms. The molecule has 12 rings (SSSR count). The number of benzene rings is 10. The van der Waals surface area contributed by atoms with Gasteiger partial charge in [-0.15, -0.1) is 0 Å². The van der Waals surface area contributed by atoms with Gasteiger partial charge in [-0.25, -0.2) is 0 Å². The average Bonchev–Trinajstić information content (AvgIpc) is 3.79. The van der Waals surface area contributed by atoms with E-state index in [0.717, 1.165) is 5.69 Å². The van der Waals surface area contributed by atoms with Crippen LogP contribution in [-0.2, 0) is 0 Å². The van der Waals surface area contributed by atoms with Gasteiger partial charge in [0, 0.05) is 32.9 Å². The first-order chi connectivity index (χ1) is 27.8. The number of nitrogens with zero attached hydrogens (tertiary/aromatic N) is 2. The Balaban J connectivity index is 1.03. The molecule has 0 unspecified atom stereocenters. The minimum atomic E-state index is 1.16. The zero-order valence-electron chi connectivity index (χ0n) is 30.5. The summed E-state index contributed by atoms with van der Waals surface area (Å²) in [6.07, 6.45) is 0. The third-order valence-corrected chi connectivity index (χ3v) is 11.9. The van der Waals surface area contributed by atoms with Crippen LogP contribution in [-0.4, -0.2) is 9.13 Å². The monoisotopic (exact) mass is 710 g/mol. The SMILES string of the molecule is c1ccc(-c2cccc(-n3c4ccccc4c4cc(-c5ccc6c(c5)c5ccccc5n6-c5ccc6c7ccccc7c7ccccc7c6c5)ccc43)c2)cc1. The Morgan fingerprint density at radius 3 is 1.18 bits per heavy atom. The van der Waals surface area contributed by atoms with Crippen LogP contribution in [0.5, 0.6) is 0 Å². The lowest BCUT2D eigenvalue weighted by atomic mass is 9.94. The van der Waals surface area contributed by atoms with E-state index in [1.807, 2.05) is 0 Å². The van der Waals surface area contributed by atoms with E-state index in [0.29, 0.717) is 0 Å². The molecule has 0 amide bonds. The van der Waals surface area contributed by atoms with Crippen LogP contribution in [0.3, 0.4) is 0 Å². The third-order valence-electron chi connectivity index (χ3n) is 11.9. The summed E-state index contributed by atoms with van der Waals surface area (Å²) in [6, 6.07) is 75.7. The van der Waals surface area contributed by atoms with E-state index >= 15 is 0 Å². The Morgan fingerprint density at radius 2 is 0.607 bits per heavy atom. The molecule has 260 valence electrons. The van der Waals surface area contributed by atoms with E-state index in [1.54, 1.807) is 0 Å². The van der Waals surface area contributed by atoms with Crippen molar-refractivity contribution in [2.24, 2.45) is 0 Å². The molecule has 10 aromatic carbocycles. The molecule has 0 aliphatic carbocycles. The summed E-state index contributed by atoms with van der Waals surface area (Å²) in [5.41, 5.74) is 12.0. The smallest absolute Gasteiger partial charge is 0.0541 e. The van der Waals surface area contributed by atoms with E-state index in [1.165, 1.54) is 104 Å². The Labute approximate surface area is 323 Å². The van der Waals surface area contributed by atoms with Crippen LogP contribution in [0.15, 0.2) is 206 Å². The third kappa shape index (κ3) is 4.57. The molecular formula is C54H34N2. The van der Waals surface area contributed by atoms with Crippen molar-refractivity contribution in [2.75, 3.05) is 0 Å². The highest BCUT2D eigenvalue weighted by Gasteiger charge is 2.17. The van der Waals surface area contributed by atoms with E-state index in [2.05, 4.69) is 215 Å². The van der Waals surface area contributed by atoms with Crippen LogP contribution in [0, 0.1) is 0 Å². The Kier molecular flexibility index (Phi) is 6.66. The molecule has 0 saturated heterocycles. The maximum absolute atomic E-state index is 2.44. The van der Waals surface area contributed by atoms with E-state index in [-0.39, 0.29) is 0 Å². The van der Waals surface area contributed by atoms with Crippen molar-refractivity contribution in [1.29, 1.82) is 0 Å². The zero-order valence-corrected chi connectivity index (χ0v) is 30.5. The van der Waals surface area contributed by atoms with Crippen molar-refractivity contribution in [3.63, 3.8) is 0 Å².